The van der Waals surface area contributed by atoms with Gasteiger partial charge >= 0.3 is 0 Å². The minimum absolute atomic E-state index is 0.121. The third-order valence-electron chi connectivity index (χ3n) is 2.96. The zero-order valence-corrected chi connectivity index (χ0v) is 10.8. The molecule has 1 saturated heterocycles. The average Bonchev–Trinajstić information content (AvgIpc) is 2.30. The molecule has 1 aromatic rings. The Balaban J connectivity index is 2.31. The van der Waals surface area contributed by atoms with Gasteiger partial charge in [0.25, 0.3) is 0 Å². The first kappa shape index (κ1) is 11.9. The number of methoxy groups -OCH3 is 1. The van der Waals surface area contributed by atoms with E-state index >= 15 is 0 Å². The summed E-state index contributed by atoms with van der Waals surface area (Å²) in [6, 6.07) is 3.38. The second kappa shape index (κ2) is 5.15. The van der Waals surface area contributed by atoms with E-state index in [2.05, 4.69) is 21.2 Å². The van der Waals surface area contributed by atoms with Crippen molar-refractivity contribution in [3.05, 3.63) is 28.0 Å². The van der Waals surface area contributed by atoms with Crippen LogP contribution < -0.4 is 10.1 Å². The highest BCUT2D eigenvalue weighted by Gasteiger charge is 2.20. The van der Waals surface area contributed by atoms with Gasteiger partial charge in [0.1, 0.15) is 11.6 Å². The van der Waals surface area contributed by atoms with E-state index in [1.807, 2.05) is 0 Å². The van der Waals surface area contributed by atoms with Crippen LogP contribution in [0.1, 0.15) is 30.9 Å². The summed E-state index contributed by atoms with van der Waals surface area (Å²) in [6.07, 6.45) is 3.31. The van der Waals surface area contributed by atoms with Crippen molar-refractivity contribution in [3.63, 3.8) is 0 Å². The van der Waals surface area contributed by atoms with E-state index in [4.69, 9.17) is 4.74 Å². The quantitative estimate of drug-likeness (QED) is 0.900. The van der Waals surface area contributed by atoms with Crippen molar-refractivity contribution in [3.8, 4) is 5.75 Å². The number of halogens is 2. The standard InChI is InChI=1S/C12H15BrFNO/c1-16-12-6-8(10(14)7-9(12)13)11-4-2-3-5-15-11/h6-7,11,15H,2-5H2,1H3. The molecular weight excluding hydrogens is 273 g/mol. The molecule has 4 heteroatoms. The Morgan fingerprint density at radius 3 is 2.88 bits per heavy atom. The lowest BCUT2D eigenvalue weighted by Gasteiger charge is -2.24. The van der Waals surface area contributed by atoms with Gasteiger partial charge in [-0.15, -0.1) is 0 Å². The van der Waals surface area contributed by atoms with Gasteiger partial charge in [-0.2, -0.15) is 0 Å². The Morgan fingerprint density at radius 2 is 2.25 bits per heavy atom. The van der Waals surface area contributed by atoms with Crippen LogP contribution in [0.2, 0.25) is 0 Å². The number of hydrogen-bond acceptors (Lipinski definition) is 2. The van der Waals surface area contributed by atoms with Crippen molar-refractivity contribution in [2.75, 3.05) is 13.7 Å². The molecule has 0 aromatic heterocycles. The first-order chi connectivity index (χ1) is 7.72. The minimum atomic E-state index is -0.174. The molecule has 1 aliphatic rings. The molecule has 1 unspecified atom stereocenters. The Morgan fingerprint density at radius 1 is 1.44 bits per heavy atom. The van der Waals surface area contributed by atoms with Crippen molar-refractivity contribution in [1.29, 1.82) is 0 Å². The Kier molecular flexibility index (Phi) is 3.82. The predicted molar refractivity (Wildman–Crippen MR) is 65.2 cm³/mol. The lowest BCUT2D eigenvalue weighted by atomic mass is 9.97. The highest BCUT2D eigenvalue weighted by atomic mass is 79.9. The van der Waals surface area contributed by atoms with Gasteiger partial charge in [0.2, 0.25) is 0 Å². The number of ether oxygens (including phenoxy) is 1. The van der Waals surface area contributed by atoms with Crippen molar-refractivity contribution in [2.45, 2.75) is 25.3 Å². The largest absolute Gasteiger partial charge is 0.496 e. The third kappa shape index (κ3) is 2.38. The zero-order valence-electron chi connectivity index (χ0n) is 9.22. The Labute approximate surface area is 103 Å². The van der Waals surface area contributed by atoms with Crippen LogP contribution in [0.25, 0.3) is 0 Å². The lowest BCUT2D eigenvalue weighted by Crippen LogP contribution is -2.27. The van der Waals surface area contributed by atoms with Gasteiger partial charge in [0, 0.05) is 11.6 Å². The van der Waals surface area contributed by atoms with Gasteiger partial charge in [0.15, 0.2) is 0 Å². The molecule has 1 aliphatic heterocycles. The molecule has 0 spiro atoms. The van der Waals surface area contributed by atoms with Gasteiger partial charge in [-0.1, -0.05) is 6.42 Å². The van der Waals surface area contributed by atoms with Gasteiger partial charge in [-0.25, -0.2) is 4.39 Å². The van der Waals surface area contributed by atoms with E-state index in [0.717, 1.165) is 19.4 Å². The molecule has 0 saturated carbocycles. The van der Waals surface area contributed by atoms with Gasteiger partial charge in [-0.3, -0.25) is 0 Å². The number of rotatable bonds is 2. The fraction of sp³-hybridized carbons (Fsp3) is 0.500. The van der Waals surface area contributed by atoms with E-state index in [1.165, 1.54) is 12.5 Å². The van der Waals surface area contributed by atoms with E-state index in [1.54, 1.807) is 13.2 Å². The van der Waals surface area contributed by atoms with E-state index in [0.29, 0.717) is 15.8 Å². The molecule has 1 atom stereocenters. The maximum Gasteiger partial charge on any atom is 0.133 e. The van der Waals surface area contributed by atoms with Gasteiger partial charge in [0.05, 0.1) is 11.6 Å². The fourth-order valence-corrected chi connectivity index (χ4v) is 2.56. The molecule has 0 amide bonds. The maximum absolute atomic E-state index is 13.8. The second-order valence-electron chi connectivity index (χ2n) is 4.01. The van der Waals surface area contributed by atoms with Crippen LogP contribution in [0.4, 0.5) is 4.39 Å². The summed E-state index contributed by atoms with van der Waals surface area (Å²) >= 11 is 3.28. The normalized spacial score (nSPS) is 20.8. The number of benzene rings is 1. The van der Waals surface area contributed by atoms with Crippen LogP contribution in [0.15, 0.2) is 16.6 Å². The number of piperidine rings is 1. The van der Waals surface area contributed by atoms with Crippen molar-refractivity contribution in [2.24, 2.45) is 0 Å². The molecule has 2 rings (SSSR count). The summed E-state index contributed by atoms with van der Waals surface area (Å²) in [5.74, 6) is 0.510. The molecule has 2 nitrogen and oxygen atoms in total. The molecule has 1 aromatic carbocycles. The maximum atomic E-state index is 13.8. The number of hydrogen-bond donors (Lipinski definition) is 1. The molecule has 1 N–H and O–H groups in total. The topological polar surface area (TPSA) is 21.3 Å². The monoisotopic (exact) mass is 287 g/mol. The van der Waals surface area contributed by atoms with Crippen LogP contribution in [0.5, 0.6) is 5.75 Å². The summed E-state index contributed by atoms with van der Waals surface area (Å²) in [5.41, 5.74) is 0.708. The van der Waals surface area contributed by atoms with Gasteiger partial charge in [-0.05, 0) is 47.4 Å². The molecular formula is C12H15BrFNO. The van der Waals surface area contributed by atoms with Crippen molar-refractivity contribution < 1.29 is 9.13 Å². The summed E-state index contributed by atoms with van der Waals surface area (Å²) in [7, 11) is 1.59. The summed E-state index contributed by atoms with van der Waals surface area (Å²) in [4.78, 5) is 0. The zero-order chi connectivity index (χ0) is 11.5. The fourth-order valence-electron chi connectivity index (χ4n) is 2.09. The van der Waals surface area contributed by atoms with E-state index < -0.39 is 0 Å². The molecule has 16 heavy (non-hydrogen) atoms. The molecule has 1 fully saturated rings. The van der Waals surface area contributed by atoms with Crippen LogP contribution in [0.3, 0.4) is 0 Å². The minimum Gasteiger partial charge on any atom is -0.496 e. The first-order valence-electron chi connectivity index (χ1n) is 5.48. The molecule has 0 bridgehead atoms. The summed E-state index contributed by atoms with van der Waals surface area (Å²) in [5, 5.41) is 3.34. The Bertz CT molecular complexity index is 378. The SMILES string of the molecule is COc1cc(C2CCCCN2)c(F)cc1Br. The van der Waals surface area contributed by atoms with E-state index in [-0.39, 0.29) is 11.9 Å². The van der Waals surface area contributed by atoms with Gasteiger partial charge < -0.3 is 10.1 Å². The van der Waals surface area contributed by atoms with E-state index in [9.17, 15) is 4.39 Å². The highest BCUT2D eigenvalue weighted by Crippen LogP contribution is 2.33. The van der Waals surface area contributed by atoms with Crippen LogP contribution in [-0.2, 0) is 0 Å². The second-order valence-corrected chi connectivity index (χ2v) is 4.87. The first-order valence-corrected chi connectivity index (χ1v) is 6.28. The molecule has 1 heterocycles. The number of nitrogens with one attached hydrogen (secondary N) is 1. The highest BCUT2D eigenvalue weighted by molar-refractivity contribution is 9.10. The van der Waals surface area contributed by atoms with Crippen LogP contribution >= 0.6 is 15.9 Å². The molecule has 88 valence electrons. The van der Waals surface area contributed by atoms with Crippen LogP contribution in [-0.4, -0.2) is 13.7 Å². The van der Waals surface area contributed by atoms with Crippen molar-refractivity contribution >= 4 is 15.9 Å². The molecule has 0 aliphatic carbocycles. The summed E-state index contributed by atoms with van der Waals surface area (Å²) in [6.45, 7) is 0.961. The van der Waals surface area contributed by atoms with Crippen molar-refractivity contribution in [1.82, 2.24) is 5.32 Å². The molecule has 0 radical (unpaired) electrons. The van der Waals surface area contributed by atoms with Crippen LogP contribution in [0, 0.1) is 5.82 Å². The summed E-state index contributed by atoms with van der Waals surface area (Å²) < 4.78 is 19.7. The smallest absolute Gasteiger partial charge is 0.133 e. The Hall–Kier alpha value is -0.610. The third-order valence-corrected chi connectivity index (χ3v) is 3.58. The average molecular weight is 288 g/mol. The predicted octanol–water partition coefficient (Wildman–Crippen LogP) is 3.41. The lowest BCUT2D eigenvalue weighted by molar-refractivity contribution is 0.388.